The quantitative estimate of drug-likeness (QED) is 0.491. The van der Waals surface area contributed by atoms with E-state index in [1.165, 1.54) is 0 Å². The van der Waals surface area contributed by atoms with Gasteiger partial charge in [-0.2, -0.15) is 0 Å². The van der Waals surface area contributed by atoms with Crippen molar-refractivity contribution in [3.63, 3.8) is 0 Å². The number of hydrogen-bond donors (Lipinski definition) is 1. The fraction of sp³-hybridized carbons (Fsp3) is 0.111. The van der Waals surface area contributed by atoms with Crippen LogP contribution in [0.25, 0.3) is 0 Å². The van der Waals surface area contributed by atoms with E-state index < -0.39 is 10.7 Å². The van der Waals surface area contributed by atoms with E-state index in [1.54, 1.807) is 0 Å². The molecule has 0 aromatic heterocycles. The lowest BCUT2D eigenvalue weighted by atomic mass is 10.2. The van der Waals surface area contributed by atoms with Crippen molar-refractivity contribution < 1.29 is 9.31 Å². The van der Waals surface area contributed by atoms with Gasteiger partial charge in [-0.15, -0.1) is 6.42 Å². The largest absolute Gasteiger partial charge is 0.369 e. The van der Waals surface area contributed by atoms with Gasteiger partial charge in [0.15, 0.2) is 0 Å². The molecule has 1 aromatic rings. The van der Waals surface area contributed by atoms with Crippen LogP contribution in [0.4, 0.5) is 15.8 Å². The Morgan fingerprint density at radius 2 is 2.33 bits per heavy atom. The molecule has 0 amide bonds. The molecule has 1 N–H and O–H groups in total. The first-order valence-electron chi connectivity index (χ1n) is 3.87. The van der Waals surface area contributed by atoms with Crippen LogP contribution in [0.3, 0.4) is 0 Å². The number of nitrogens with one attached hydrogen (secondary N) is 1. The fourth-order valence-electron chi connectivity index (χ4n) is 0.975. The third kappa shape index (κ3) is 2.58. The predicted molar refractivity (Wildman–Crippen MR) is 55.4 cm³/mol. The number of terminal acetylenes is 1. The summed E-state index contributed by atoms with van der Waals surface area (Å²) in [4.78, 5) is 9.92. The molecule has 0 spiro atoms. The number of rotatable bonds is 3. The Balaban J connectivity index is 3.17. The second-order valence-corrected chi connectivity index (χ2v) is 3.01. The molecular formula is C9H6ClFN2O2. The van der Waals surface area contributed by atoms with Crippen LogP contribution in [0.15, 0.2) is 12.1 Å². The van der Waals surface area contributed by atoms with Gasteiger partial charge in [-0.25, -0.2) is 4.39 Å². The third-order valence-electron chi connectivity index (χ3n) is 1.62. The summed E-state index contributed by atoms with van der Waals surface area (Å²) >= 11 is 5.42. The minimum atomic E-state index is -0.734. The summed E-state index contributed by atoms with van der Waals surface area (Å²) in [6.07, 6.45) is 4.97. The monoisotopic (exact) mass is 228 g/mol. The second-order valence-electron chi connectivity index (χ2n) is 2.60. The Kier molecular flexibility index (Phi) is 3.47. The number of nitrogens with zero attached hydrogens (tertiary/aromatic N) is 1. The average Bonchev–Trinajstić information content (AvgIpc) is 2.19. The van der Waals surface area contributed by atoms with E-state index in [0.717, 1.165) is 12.1 Å². The lowest BCUT2D eigenvalue weighted by Crippen LogP contribution is -2.03. The van der Waals surface area contributed by atoms with E-state index in [-0.39, 0.29) is 22.9 Å². The summed E-state index contributed by atoms with van der Waals surface area (Å²) in [6, 6.07) is 1.88. The number of nitro groups is 1. The zero-order valence-electron chi connectivity index (χ0n) is 7.46. The van der Waals surface area contributed by atoms with Crippen LogP contribution in [-0.2, 0) is 0 Å². The van der Waals surface area contributed by atoms with Gasteiger partial charge in [0.2, 0.25) is 0 Å². The minimum Gasteiger partial charge on any atom is -0.369 e. The molecule has 0 aliphatic rings. The van der Waals surface area contributed by atoms with Gasteiger partial charge in [-0.3, -0.25) is 10.1 Å². The zero-order valence-corrected chi connectivity index (χ0v) is 8.21. The van der Waals surface area contributed by atoms with Crippen LogP contribution in [0.5, 0.6) is 0 Å². The van der Waals surface area contributed by atoms with Crippen molar-refractivity contribution >= 4 is 23.0 Å². The molecule has 0 fully saturated rings. The molecule has 0 radical (unpaired) electrons. The first-order chi connectivity index (χ1) is 7.06. The topological polar surface area (TPSA) is 55.2 Å². The molecule has 0 bridgehead atoms. The lowest BCUT2D eigenvalue weighted by Gasteiger charge is -2.04. The molecule has 0 aliphatic heterocycles. The molecule has 6 heteroatoms. The van der Waals surface area contributed by atoms with Crippen molar-refractivity contribution in [2.75, 3.05) is 11.9 Å². The Hall–Kier alpha value is -1.80. The molecule has 1 aromatic carbocycles. The number of benzene rings is 1. The predicted octanol–water partition coefficient (Wildman–Crippen LogP) is 2.43. The van der Waals surface area contributed by atoms with Crippen molar-refractivity contribution in [3.05, 3.63) is 33.1 Å². The van der Waals surface area contributed by atoms with Gasteiger partial charge in [0, 0.05) is 12.1 Å². The van der Waals surface area contributed by atoms with Gasteiger partial charge >= 0.3 is 0 Å². The maximum atomic E-state index is 13.0. The Morgan fingerprint density at radius 3 is 2.87 bits per heavy atom. The van der Waals surface area contributed by atoms with E-state index in [1.807, 2.05) is 0 Å². The van der Waals surface area contributed by atoms with Crippen molar-refractivity contribution in [2.45, 2.75) is 0 Å². The highest BCUT2D eigenvalue weighted by Crippen LogP contribution is 2.29. The molecule has 0 saturated heterocycles. The highest BCUT2D eigenvalue weighted by molar-refractivity contribution is 6.31. The molecule has 0 saturated carbocycles. The molecular weight excluding hydrogens is 223 g/mol. The van der Waals surface area contributed by atoms with Crippen molar-refractivity contribution in [1.82, 2.24) is 0 Å². The summed E-state index contributed by atoms with van der Waals surface area (Å²) in [6.45, 7) is 0.0713. The Labute approximate surface area is 90.2 Å². The SMILES string of the molecule is C#CCNc1cc(F)c(Cl)cc1[N+](=O)[O-]. The normalized spacial score (nSPS) is 9.40. The van der Waals surface area contributed by atoms with Gasteiger partial charge in [-0.05, 0) is 0 Å². The van der Waals surface area contributed by atoms with E-state index in [9.17, 15) is 14.5 Å². The third-order valence-corrected chi connectivity index (χ3v) is 1.91. The van der Waals surface area contributed by atoms with E-state index >= 15 is 0 Å². The van der Waals surface area contributed by atoms with Crippen LogP contribution in [0, 0.1) is 28.3 Å². The average molecular weight is 229 g/mol. The number of hydrogen-bond acceptors (Lipinski definition) is 3. The van der Waals surface area contributed by atoms with Gasteiger partial charge < -0.3 is 5.32 Å². The van der Waals surface area contributed by atoms with Crippen LogP contribution >= 0.6 is 11.6 Å². The van der Waals surface area contributed by atoms with Gasteiger partial charge in [0.1, 0.15) is 11.5 Å². The van der Waals surface area contributed by atoms with Crippen LogP contribution in [0.1, 0.15) is 0 Å². The van der Waals surface area contributed by atoms with E-state index in [0.29, 0.717) is 0 Å². The fourth-order valence-corrected chi connectivity index (χ4v) is 1.13. The summed E-state index contributed by atoms with van der Waals surface area (Å²) in [5.74, 6) is 1.49. The minimum absolute atomic E-state index is 0.0138. The van der Waals surface area contributed by atoms with Crippen molar-refractivity contribution in [2.24, 2.45) is 0 Å². The molecule has 0 aliphatic carbocycles. The highest BCUT2D eigenvalue weighted by atomic mass is 35.5. The first-order valence-corrected chi connectivity index (χ1v) is 4.25. The molecule has 0 unspecified atom stereocenters. The molecule has 78 valence electrons. The van der Waals surface area contributed by atoms with Crippen LogP contribution in [0.2, 0.25) is 5.02 Å². The summed E-state index contributed by atoms with van der Waals surface area (Å²) in [5, 5.41) is 12.8. The second kappa shape index (κ2) is 4.62. The van der Waals surface area contributed by atoms with Crippen molar-refractivity contribution in [3.8, 4) is 12.3 Å². The molecule has 1 rings (SSSR count). The van der Waals surface area contributed by atoms with Gasteiger partial charge in [-0.1, -0.05) is 17.5 Å². The van der Waals surface area contributed by atoms with E-state index in [4.69, 9.17) is 18.0 Å². The molecule has 0 atom stereocenters. The summed E-state index contributed by atoms with van der Waals surface area (Å²) in [7, 11) is 0. The highest BCUT2D eigenvalue weighted by Gasteiger charge is 2.16. The first kappa shape index (κ1) is 11.3. The standard InChI is InChI=1S/C9H6ClFN2O2/c1-2-3-12-8-5-7(11)6(10)4-9(8)13(14)15/h1,4-5,12H,3H2. The van der Waals surface area contributed by atoms with Crippen LogP contribution in [-0.4, -0.2) is 11.5 Å². The smallest absolute Gasteiger partial charge is 0.294 e. The Morgan fingerprint density at radius 1 is 1.67 bits per heavy atom. The van der Waals surface area contributed by atoms with Gasteiger partial charge in [0.25, 0.3) is 5.69 Å². The van der Waals surface area contributed by atoms with E-state index in [2.05, 4.69) is 11.2 Å². The number of halogens is 2. The summed E-state index contributed by atoms with van der Waals surface area (Å²) < 4.78 is 13.0. The number of anilines is 1. The van der Waals surface area contributed by atoms with Crippen molar-refractivity contribution in [1.29, 1.82) is 0 Å². The Bertz CT molecular complexity index is 442. The molecule has 4 nitrogen and oxygen atoms in total. The van der Waals surface area contributed by atoms with Gasteiger partial charge in [0.05, 0.1) is 16.5 Å². The maximum Gasteiger partial charge on any atom is 0.294 e. The maximum absolute atomic E-state index is 13.0. The zero-order chi connectivity index (χ0) is 11.4. The molecule has 0 heterocycles. The lowest BCUT2D eigenvalue weighted by molar-refractivity contribution is -0.384. The van der Waals surface area contributed by atoms with Crippen LogP contribution < -0.4 is 5.32 Å². The number of nitro benzene ring substituents is 1. The molecule has 15 heavy (non-hydrogen) atoms. The summed E-state index contributed by atoms with van der Waals surface area (Å²) in [5.41, 5.74) is -0.295.